The minimum atomic E-state index is -0.400. The Morgan fingerprint density at radius 3 is 2.55 bits per heavy atom. The highest BCUT2D eigenvalue weighted by Crippen LogP contribution is 2.31. The molecule has 100 valence electrons. The van der Waals surface area contributed by atoms with Crippen molar-refractivity contribution in [3.63, 3.8) is 0 Å². The van der Waals surface area contributed by atoms with Gasteiger partial charge in [-0.25, -0.2) is 4.39 Å². The van der Waals surface area contributed by atoms with Crippen LogP contribution in [0.1, 0.15) is 5.69 Å². The topological polar surface area (TPSA) is 48.1 Å². The fourth-order valence-corrected chi connectivity index (χ4v) is 2.03. The molecule has 1 heterocycles. The third-order valence-electron chi connectivity index (χ3n) is 3.00. The summed E-state index contributed by atoms with van der Waals surface area (Å²) in [5, 5.41) is 0.827. The second-order valence-corrected chi connectivity index (χ2v) is 4.37. The molecule has 3 aromatic rings. The molecule has 0 bridgehead atoms. The van der Waals surface area contributed by atoms with E-state index < -0.39 is 5.82 Å². The summed E-state index contributed by atoms with van der Waals surface area (Å²) in [6, 6.07) is 15.6. The normalized spacial score (nSPS) is 10.7. The molecule has 0 radical (unpaired) electrons. The van der Waals surface area contributed by atoms with Crippen molar-refractivity contribution >= 4 is 10.9 Å². The number of nitrogens with two attached hydrogens (primary N) is 1. The van der Waals surface area contributed by atoms with Gasteiger partial charge in [-0.15, -0.1) is 0 Å². The Morgan fingerprint density at radius 1 is 1.00 bits per heavy atom. The van der Waals surface area contributed by atoms with Crippen LogP contribution < -0.4 is 10.5 Å². The summed E-state index contributed by atoms with van der Waals surface area (Å²) in [4.78, 5) is 4.42. The summed E-state index contributed by atoms with van der Waals surface area (Å²) in [5.74, 6) is 0.343. The van der Waals surface area contributed by atoms with E-state index in [9.17, 15) is 4.39 Å². The van der Waals surface area contributed by atoms with Gasteiger partial charge >= 0.3 is 0 Å². The number of hydrogen-bond donors (Lipinski definition) is 1. The van der Waals surface area contributed by atoms with Crippen molar-refractivity contribution < 1.29 is 9.13 Å². The van der Waals surface area contributed by atoms with Gasteiger partial charge in [0.2, 0.25) is 0 Å². The van der Waals surface area contributed by atoms with E-state index in [2.05, 4.69) is 4.98 Å². The van der Waals surface area contributed by atoms with Gasteiger partial charge < -0.3 is 10.5 Å². The Bertz CT molecular complexity index is 758. The molecule has 0 aliphatic rings. The summed E-state index contributed by atoms with van der Waals surface area (Å²) in [5.41, 5.74) is 7.12. The summed E-state index contributed by atoms with van der Waals surface area (Å²) in [7, 11) is 0. The minimum absolute atomic E-state index is 0.187. The summed E-state index contributed by atoms with van der Waals surface area (Å²) >= 11 is 0. The van der Waals surface area contributed by atoms with Gasteiger partial charge in [0.15, 0.2) is 11.6 Å². The van der Waals surface area contributed by atoms with Crippen LogP contribution in [0.15, 0.2) is 54.6 Å². The number of fused-ring (bicyclic) bond motifs is 1. The molecular formula is C16H13FN2O. The van der Waals surface area contributed by atoms with Crippen molar-refractivity contribution in [2.75, 3.05) is 0 Å². The molecular weight excluding hydrogens is 255 g/mol. The van der Waals surface area contributed by atoms with Crippen LogP contribution in [0.2, 0.25) is 0 Å². The highest BCUT2D eigenvalue weighted by Gasteiger charge is 2.09. The fourth-order valence-electron chi connectivity index (χ4n) is 2.03. The second kappa shape index (κ2) is 5.27. The first-order valence-electron chi connectivity index (χ1n) is 6.29. The number of benzene rings is 2. The molecule has 3 rings (SSSR count). The molecule has 0 saturated carbocycles. The molecule has 1 aromatic heterocycles. The maximum absolute atomic E-state index is 13.7. The lowest BCUT2D eigenvalue weighted by molar-refractivity contribution is 0.445. The molecule has 2 N–H and O–H groups in total. The predicted molar refractivity (Wildman–Crippen MR) is 76.1 cm³/mol. The Morgan fingerprint density at radius 2 is 1.75 bits per heavy atom. The third kappa shape index (κ3) is 2.33. The maximum atomic E-state index is 13.7. The first-order chi connectivity index (χ1) is 9.78. The number of ether oxygens (including phenoxy) is 1. The van der Waals surface area contributed by atoms with E-state index in [0.717, 1.165) is 10.9 Å². The van der Waals surface area contributed by atoms with Crippen LogP contribution in [0.4, 0.5) is 4.39 Å². The van der Waals surface area contributed by atoms with Crippen LogP contribution in [0.25, 0.3) is 10.9 Å². The smallest absolute Gasteiger partial charge is 0.165 e. The largest absolute Gasteiger partial charge is 0.454 e. The van der Waals surface area contributed by atoms with Gasteiger partial charge in [0.05, 0.1) is 11.2 Å². The average Bonchev–Trinajstić information content (AvgIpc) is 2.49. The fraction of sp³-hybridized carbons (Fsp3) is 0.0625. The second-order valence-electron chi connectivity index (χ2n) is 4.37. The van der Waals surface area contributed by atoms with Gasteiger partial charge in [0.1, 0.15) is 5.75 Å². The minimum Gasteiger partial charge on any atom is -0.454 e. The number of aromatic nitrogens is 1. The molecule has 0 amide bonds. The van der Waals surface area contributed by atoms with Crippen molar-refractivity contribution in [3.8, 4) is 11.5 Å². The van der Waals surface area contributed by atoms with Crippen LogP contribution in [0.5, 0.6) is 11.5 Å². The highest BCUT2D eigenvalue weighted by molar-refractivity contribution is 5.85. The Hall–Kier alpha value is -2.46. The van der Waals surface area contributed by atoms with Gasteiger partial charge in [-0.3, -0.25) is 4.98 Å². The van der Waals surface area contributed by atoms with Crippen molar-refractivity contribution in [3.05, 3.63) is 66.1 Å². The summed E-state index contributed by atoms with van der Waals surface area (Å²) in [6.07, 6.45) is 0. The summed E-state index contributed by atoms with van der Waals surface area (Å²) < 4.78 is 19.4. The molecule has 0 spiro atoms. The molecule has 0 saturated heterocycles. The van der Waals surface area contributed by atoms with Crippen molar-refractivity contribution in [1.82, 2.24) is 4.98 Å². The van der Waals surface area contributed by atoms with Gasteiger partial charge in [-0.05, 0) is 24.3 Å². The Labute approximate surface area is 115 Å². The number of rotatable bonds is 3. The first-order valence-corrected chi connectivity index (χ1v) is 6.29. The lowest BCUT2D eigenvalue weighted by atomic mass is 10.2. The lowest BCUT2D eigenvalue weighted by Crippen LogP contribution is -2.01. The van der Waals surface area contributed by atoms with Crippen molar-refractivity contribution in [2.45, 2.75) is 6.54 Å². The number of nitrogens with zero attached hydrogens (tertiary/aromatic N) is 1. The molecule has 20 heavy (non-hydrogen) atoms. The average molecular weight is 268 g/mol. The quantitative estimate of drug-likeness (QED) is 0.789. The lowest BCUT2D eigenvalue weighted by Gasteiger charge is -2.11. The maximum Gasteiger partial charge on any atom is 0.165 e. The Balaban J connectivity index is 2.13. The monoisotopic (exact) mass is 268 g/mol. The number of halogens is 1. The van der Waals surface area contributed by atoms with Crippen molar-refractivity contribution in [2.24, 2.45) is 5.73 Å². The highest BCUT2D eigenvalue weighted by atomic mass is 19.1. The van der Waals surface area contributed by atoms with Crippen molar-refractivity contribution in [1.29, 1.82) is 0 Å². The molecule has 4 heteroatoms. The zero-order valence-electron chi connectivity index (χ0n) is 10.7. The number of para-hydroxylation sites is 2. The van der Waals surface area contributed by atoms with Gasteiger partial charge in [0.25, 0.3) is 0 Å². The third-order valence-corrected chi connectivity index (χ3v) is 3.00. The molecule has 0 aliphatic heterocycles. The van der Waals surface area contributed by atoms with Crippen LogP contribution in [-0.4, -0.2) is 4.98 Å². The zero-order chi connectivity index (χ0) is 13.9. The number of pyridine rings is 1. The molecule has 3 nitrogen and oxygen atoms in total. The van der Waals surface area contributed by atoms with Crippen LogP contribution in [0.3, 0.4) is 0 Å². The van der Waals surface area contributed by atoms with Gasteiger partial charge in [-0.1, -0.05) is 24.3 Å². The SMILES string of the molecule is NCc1cc(Oc2ccccc2F)c2ccccc2n1. The molecule has 0 unspecified atom stereocenters. The van der Waals surface area contributed by atoms with Gasteiger partial charge in [-0.2, -0.15) is 0 Å². The van der Waals surface area contributed by atoms with Crippen LogP contribution in [0, 0.1) is 5.82 Å². The van der Waals surface area contributed by atoms with Gasteiger partial charge in [0, 0.05) is 18.0 Å². The summed E-state index contributed by atoms with van der Waals surface area (Å²) in [6.45, 7) is 0.304. The molecule has 2 aromatic carbocycles. The molecule has 0 fully saturated rings. The van der Waals surface area contributed by atoms with E-state index in [0.29, 0.717) is 18.0 Å². The first kappa shape index (κ1) is 12.6. The van der Waals surface area contributed by atoms with E-state index in [1.807, 2.05) is 24.3 Å². The van der Waals surface area contributed by atoms with E-state index >= 15 is 0 Å². The van der Waals surface area contributed by atoms with E-state index in [4.69, 9.17) is 10.5 Å². The van der Waals surface area contributed by atoms with E-state index in [1.54, 1.807) is 24.3 Å². The van der Waals surface area contributed by atoms with Crippen LogP contribution >= 0.6 is 0 Å². The molecule has 0 aliphatic carbocycles. The Kier molecular flexibility index (Phi) is 3.31. The number of hydrogen-bond acceptors (Lipinski definition) is 3. The predicted octanol–water partition coefficient (Wildman–Crippen LogP) is 3.62. The zero-order valence-corrected chi connectivity index (χ0v) is 10.7. The van der Waals surface area contributed by atoms with Crippen LogP contribution in [-0.2, 0) is 6.54 Å². The standard InChI is InChI=1S/C16H13FN2O/c17-13-6-2-4-8-15(13)20-16-9-11(10-18)19-14-7-3-1-5-12(14)16/h1-9H,10,18H2. The molecule has 0 atom stereocenters. The van der Waals surface area contributed by atoms with E-state index in [-0.39, 0.29) is 5.75 Å². The van der Waals surface area contributed by atoms with E-state index in [1.165, 1.54) is 6.07 Å².